The minimum Gasteiger partial charge on any atom is -0.325 e. The molecule has 0 spiro atoms. The highest BCUT2D eigenvalue weighted by Gasteiger charge is 2.37. The number of carbonyl (C=O) groups is 1. The first-order valence-electron chi connectivity index (χ1n) is 7.72. The van der Waals surface area contributed by atoms with Crippen LogP contribution in [-0.4, -0.2) is 26.4 Å². The zero-order valence-electron chi connectivity index (χ0n) is 14.1. The summed E-state index contributed by atoms with van der Waals surface area (Å²) in [6.07, 6.45) is -3.64. The Balaban J connectivity index is 2.02. The van der Waals surface area contributed by atoms with Gasteiger partial charge in [-0.3, -0.25) is 4.79 Å². The molecule has 25 heavy (non-hydrogen) atoms. The van der Waals surface area contributed by atoms with Gasteiger partial charge >= 0.3 is 6.18 Å². The maximum atomic E-state index is 12.7. The molecule has 0 aliphatic carbocycles. The molecule has 2 rings (SSSR count). The van der Waals surface area contributed by atoms with E-state index in [1.807, 2.05) is 24.3 Å². The van der Waals surface area contributed by atoms with Crippen LogP contribution in [0.25, 0.3) is 0 Å². The molecule has 0 saturated carbocycles. The van der Waals surface area contributed by atoms with Crippen LogP contribution in [0.2, 0.25) is 0 Å². The molecule has 1 N–H and O–H groups in total. The molecule has 0 fully saturated rings. The van der Waals surface area contributed by atoms with E-state index in [0.717, 1.165) is 34.0 Å². The normalized spacial score (nSPS) is 12.9. The van der Waals surface area contributed by atoms with Crippen molar-refractivity contribution in [3.05, 3.63) is 35.7 Å². The van der Waals surface area contributed by atoms with E-state index in [4.69, 9.17) is 0 Å². The molecular formula is C16H19F3N4OS. The van der Waals surface area contributed by atoms with E-state index in [1.54, 1.807) is 0 Å². The fourth-order valence-corrected chi connectivity index (χ4v) is 2.98. The zero-order valence-corrected chi connectivity index (χ0v) is 14.9. The lowest BCUT2D eigenvalue weighted by molar-refractivity contribution is -0.147. The average Bonchev–Trinajstić information content (AvgIpc) is 2.93. The molecule has 0 radical (unpaired) electrons. The van der Waals surface area contributed by atoms with Crippen molar-refractivity contribution in [2.45, 2.75) is 37.5 Å². The second kappa shape index (κ2) is 7.90. The van der Waals surface area contributed by atoms with E-state index in [-0.39, 0.29) is 22.7 Å². The molecule has 1 amide bonds. The number of benzene rings is 1. The van der Waals surface area contributed by atoms with E-state index in [2.05, 4.69) is 29.4 Å². The van der Waals surface area contributed by atoms with Crippen molar-refractivity contribution in [3.63, 3.8) is 0 Å². The molecule has 1 aromatic heterocycles. The molecule has 0 aliphatic heterocycles. The Kier molecular flexibility index (Phi) is 6.10. The van der Waals surface area contributed by atoms with Gasteiger partial charge in [0.05, 0.1) is 5.75 Å². The van der Waals surface area contributed by atoms with Gasteiger partial charge in [0.2, 0.25) is 11.7 Å². The SMILES string of the molecule is CC[C@@H](C)c1ccccc1NC(=O)CSc1nnc(C(F)(F)F)n1C. The summed E-state index contributed by atoms with van der Waals surface area (Å²) in [5.74, 6) is -1.16. The number of para-hydroxylation sites is 1. The molecule has 0 bridgehead atoms. The second-order valence-corrected chi connectivity index (χ2v) is 6.54. The van der Waals surface area contributed by atoms with Crippen LogP contribution in [0.15, 0.2) is 29.4 Å². The van der Waals surface area contributed by atoms with Crippen LogP contribution in [0.3, 0.4) is 0 Å². The quantitative estimate of drug-likeness (QED) is 0.777. The van der Waals surface area contributed by atoms with Gasteiger partial charge in [-0.15, -0.1) is 10.2 Å². The van der Waals surface area contributed by atoms with Gasteiger partial charge in [-0.05, 0) is 24.0 Å². The van der Waals surface area contributed by atoms with Gasteiger partial charge in [0, 0.05) is 12.7 Å². The third-order valence-corrected chi connectivity index (χ3v) is 4.82. The Morgan fingerprint density at radius 2 is 2.00 bits per heavy atom. The van der Waals surface area contributed by atoms with E-state index in [1.165, 1.54) is 7.05 Å². The van der Waals surface area contributed by atoms with Crippen LogP contribution >= 0.6 is 11.8 Å². The minimum absolute atomic E-state index is 0.0395. The Hall–Kier alpha value is -2.03. The molecule has 0 unspecified atom stereocenters. The number of rotatable bonds is 6. The maximum Gasteiger partial charge on any atom is 0.451 e. The lowest BCUT2D eigenvalue weighted by atomic mass is 9.97. The Morgan fingerprint density at radius 1 is 1.32 bits per heavy atom. The van der Waals surface area contributed by atoms with Gasteiger partial charge in [-0.1, -0.05) is 43.8 Å². The van der Waals surface area contributed by atoms with Gasteiger partial charge in [0.15, 0.2) is 5.16 Å². The van der Waals surface area contributed by atoms with Crippen molar-refractivity contribution < 1.29 is 18.0 Å². The molecular weight excluding hydrogens is 353 g/mol. The van der Waals surface area contributed by atoms with Crippen LogP contribution in [0.5, 0.6) is 0 Å². The predicted octanol–water partition coefficient (Wildman–Crippen LogP) is 4.08. The summed E-state index contributed by atoms with van der Waals surface area (Å²) in [5.41, 5.74) is 1.75. The number of amides is 1. The number of nitrogens with one attached hydrogen (secondary N) is 1. The van der Waals surface area contributed by atoms with Crippen molar-refractivity contribution in [3.8, 4) is 0 Å². The second-order valence-electron chi connectivity index (χ2n) is 5.60. The highest BCUT2D eigenvalue weighted by molar-refractivity contribution is 7.99. The van der Waals surface area contributed by atoms with Crippen LogP contribution in [-0.2, 0) is 18.0 Å². The highest BCUT2D eigenvalue weighted by atomic mass is 32.2. The Labute approximate surface area is 148 Å². The molecule has 5 nitrogen and oxygen atoms in total. The largest absolute Gasteiger partial charge is 0.451 e. The van der Waals surface area contributed by atoms with Gasteiger partial charge in [-0.25, -0.2) is 0 Å². The maximum absolute atomic E-state index is 12.7. The summed E-state index contributed by atoms with van der Waals surface area (Å²) < 4.78 is 38.9. The monoisotopic (exact) mass is 372 g/mol. The van der Waals surface area contributed by atoms with Crippen molar-refractivity contribution in [2.24, 2.45) is 7.05 Å². The molecule has 2 aromatic rings. The summed E-state index contributed by atoms with van der Waals surface area (Å²) in [4.78, 5) is 12.2. The minimum atomic E-state index is -4.57. The third kappa shape index (κ3) is 4.75. The lowest BCUT2D eigenvalue weighted by Gasteiger charge is -2.15. The Morgan fingerprint density at radius 3 is 2.60 bits per heavy atom. The third-order valence-electron chi connectivity index (χ3n) is 3.80. The lowest BCUT2D eigenvalue weighted by Crippen LogP contribution is -2.16. The van der Waals surface area contributed by atoms with Crippen LogP contribution in [0, 0.1) is 0 Å². The van der Waals surface area contributed by atoms with E-state index < -0.39 is 12.0 Å². The number of nitrogens with zero attached hydrogens (tertiary/aromatic N) is 3. The average molecular weight is 372 g/mol. The smallest absolute Gasteiger partial charge is 0.325 e. The van der Waals surface area contributed by atoms with E-state index in [9.17, 15) is 18.0 Å². The van der Waals surface area contributed by atoms with Gasteiger partial charge in [0.25, 0.3) is 0 Å². The van der Waals surface area contributed by atoms with E-state index >= 15 is 0 Å². The van der Waals surface area contributed by atoms with Gasteiger partial charge < -0.3 is 9.88 Å². The van der Waals surface area contributed by atoms with E-state index in [0.29, 0.717) is 0 Å². The van der Waals surface area contributed by atoms with Crippen molar-refractivity contribution in [2.75, 3.05) is 11.1 Å². The summed E-state index contributed by atoms with van der Waals surface area (Å²) in [7, 11) is 1.22. The summed E-state index contributed by atoms with van der Waals surface area (Å²) in [6, 6.07) is 7.50. The molecule has 1 atom stereocenters. The molecule has 136 valence electrons. The topological polar surface area (TPSA) is 59.8 Å². The van der Waals surface area contributed by atoms with Crippen LogP contribution in [0.4, 0.5) is 18.9 Å². The van der Waals surface area contributed by atoms with Crippen molar-refractivity contribution in [1.82, 2.24) is 14.8 Å². The first-order valence-corrected chi connectivity index (χ1v) is 8.70. The highest BCUT2D eigenvalue weighted by Crippen LogP contribution is 2.30. The molecule has 0 saturated heterocycles. The predicted molar refractivity (Wildman–Crippen MR) is 90.5 cm³/mol. The van der Waals surface area contributed by atoms with Gasteiger partial charge in [0.1, 0.15) is 0 Å². The number of aromatic nitrogens is 3. The number of anilines is 1. The van der Waals surface area contributed by atoms with Crippen LogP contribution in [0.1, 0.15) is 37.6 Å². The number of halogens is 3. The molecule has 0 aliphatic rings. The van der Waals surface area contributed by atoms with Crippen molar-refractivity contribution >= 4 is 23.4 Å². The summed E-state index contributed by atoms with van der Waals surface area (Å²) >= 11 is 0.909. The molecule has 1 aromatic carbocycles. The number of thioether (sulfide) groups is 1. The fourth-order valence-electron chi connectivity index (χ4n) is 2.26. The number of hydrogen-bond acceptors (Lipinski definition) is 4. The number of hydrogen-bond donors (Lipinski definition) is 1. The molecule has 1 heterocycles. The standard InChI is InChI=1S/C16H19F3N4OS/c1-4-10(2)11-7-5-6-8-12(11)20-13(24)9-25-15-22-21-14(23(15)3)16(17,18)19/h5-8,10H,4,9H2,1-3H3,(H,20,24)/t10-/m1/s1. The number of carbonyl (C=O) groups excluding carboxylic acids is 1. The first kappa shape index (κ1) is 19.3. The fraction of sp³-hybridized carbons (Fsp3) is 0.438. The summed E-state index contributed by atoms with van der Waals surface area (Å²) in [6.45, 7) is 4.13. The van der Waals surface area contributed by atoms with Crippen molar-refractivity contribution in [1.29, 1.82) is 0 Å². The molecule has 9 heteroatoms. The number of alkyl halides is 3. The zero-order chi connectivity index (χ0) is 18.6. The van der Waals surface area contributed by atoms with Gasteiger partial charge in [-0.2, -0.15) is 13.2 Å². The first-order chi connectivity index (χ1) is 11.7. The summed E-state index contributed by atoms with van der Waals surface area (Å²) in [5, 5.41) is 9.48. The van der Waals surface area contributed by atoms with Crippen LogP contribution < -0.4 is 5.32 Å². The Bertz CT molecular complexity index is 745.